The number of hydrogen-bond acceptors (Lipinski definition) is 5. The monoisotopic (exact) mass is 373 g/mol. The van der Waals surface area contributed by atoms with Gasteiger partial charge in [-0.05, 0) is 24.6 Å². The molecule has 1 amide bonds. The third-order valence-electron chi connectivity index (χ3n) is 4.98. The summed E-state index contributed by atoms with van der Waals surface area (Å²) in [5.41, 5.74) is 8.31. The number of aliphatic carboxylic acids is 1. The third-order valence-corrected chi connectivity index (χ3v) is 4.98. The number of fused-ring (bicyclic) bond motifs is 1. The fourth-order valence-electron chi connectivity index (χ4n) is 3.57. The highest BCUT2D eigenvalue weighted by Crippen LogP contribution is 2.20. The van der Waals surface area contributed by atoms with Crippen LogP contribution in [0.2, 0.25) is 0 Å². The molecule has 0 spiro atoms. The molecule has 8 heteroatoms. The molecule has 3 N–H and O–H groups in total. The van der Waals surface area contributed by atoms with Crippen molar-refractivity contribution in [2.24, 2.45) is 0 Å². The molecule has 1 aromatic heterocycles. The first-order chi connectivity index (χ1) is 13.1. The SMILES string of the molecule is CNNCc1cc2ccccc2n1CCC(=O)N1CCN(CC(=O)O)CC1. The fraction of sp³-hybridized carbons (Fsp3) is 0.474. The molecular weight excluding hydrogens is 346 g/mol. The van der Waals surface area contributed by atoms with E-state index in [2.05, 4.69) is 33.6 Å². The Hall–Kier alpha value is -2.42. The van der Waals surface area contributed by atoms with Gasteiger partial charge in [-0.25, -0.2) is 0 Å². The molecule has 0 bridgehead atoms. The molecule has 0 atom stereocenters. The summed E-state index contributed by atoms with van der Waals surface area (Å²) in [7, 11) is 1.83. The van der Waals surface area contributed by atoms with Crippen LogP contribution < -0.4 is 10.9 Å². The number of carbonyl (C=O) groups excluding carboxylic acids is 1. The van der Waals surface area contributed by atoms with Crippen LogP contribution in [-0.4, -0.2) is 71.1 Å². The van der Waals surface area contributed by atoms with Gasteiger partial charge in [0, 0.05) is 50.4 Å². The Morgan fingerprint density at radius 2 is 1.89 bits per heavy atom. The summed E-state index contributed by atoms with van der Waals surface area (Å²) in [4.78, 5) is 27.1. The Balaban J connectivity index is 1.61. The molecule has 1 aliphatic heterocycles. The quantitative estimate of drug-likeness (QED) is 0.584. The first-order valence-electron chi connectivity index (χ1n) is 9.27. The minimum absolute atomic E-state index is 0.0409. The lowest BCUT2D eigenvalue weighted by Gasteiger charge is -2.34. The molecular formula is C19H27N5O3. The number of nitrogens with zero attached hydrogens (tertiary/aromatic N) is 3. The Labute approximate surface area is 158 Å². The van der Waals surface area contributed by atoms with Gasteiger partial charge in [0.25, 0.3) is 0 Å². The lowest BCUT2D eigenvalue weighted by Crippen LogP contribution is -2.50. The van der Waals surface area contributed by atoms with Crippen LogP contribution in [0.25, 0.3) is 10.9 Å². The minimum atomic E-state index is -0.822. The van der Waals surface area contributed by atoms with Crippen LogP contribution in [0.1, 0.15) is 12.1 Å². The van der Waals surface area contributed by atoms with Gasteiger partial charge in [0.05, 0.1) is 13.1 Å². The Bertz CT molecular complexity index is 796. The fourth-order valence-corrected chi connectivity index (χ4v) is 3.57. The van der Waals surface area contributed by atoms with Gasteiger partial charge in [-0.3, -0.25) is 25.3 Å². The van der Waals surface area contributed by atoms with Crippen molar-refractivity contribution in [2.45, 2.75) is 19.5 Å². The lowest BCUT2D eigenvalue weighted by atomic mass is 10.2. The first-order valence-corrected chi connectivity index (χ1v) is 9.27. The molecule has 2 heterocycles. The average Bonchev–Trinajstić information content (AvgIpc) is 3.02. The van der Waals surface area contributed by atoms with E-state index in [1.54, 1.807) is 0 Å². The van der Waals surface area contributed by atoms with Crippen LogP contribution in [0.15, 0.2) is 30.3 Å². The highest BCUT2D eigenvalue weighted by atomic mass is 16.4. The van der Waals surface area contributed by atoms with E-state index in [-0.39, 0.29) is 12.5 Å². The normalized spacial score (nSPS) is 15.4. The molecule has 0 aliphatic carbocycles. The molecule has 1 aromatic carbocycles. The highest BCUT2D eigenvalue weighted by Gasteiger charge is 2.22. The van der Waals surface area contributed by atoms with Gasteiger partial charge in [0.2, 0.25) is 5.91 Å². The lowest BCUT2D eigenvalue weighted by molar-refractivity contribution is -0.139. The van der Waals surface area contributed by atoms with Crippen LogP contribution >= 0.6 is 0 Å². The number of hydrogen-bond donors (Lipinski definition) is 3. The zero-order chi connectivity index (χ0) is 19.2. The number of carboxylic acids is 1. The second kappa shape index (κ2) is 8.98. The number of amides is 1. The van der Waals surface area contributed by atoms with E-state index in [0.717, 1.165) is 11.2 Å². The summed E-state index contributed by atoms with van der Waals surface area (Å²) in [5.74, 6) is -0.702. The van der Waals surface area contributed by atoms with Crippen molar-refractivity contribution in [3.63, 3.8) is 0 Å². The average molecular weight is 373 g/mol. The van der Waals surface area contributed by atoms with Crippen molar-refractivity contribution in [1.29, 1.82) is 0 Å². The molecule has 0 radical (unpaired) electrons. The molecule has 1 aliphatic rings. The molecule has 8 nitrogen and oxygen atoms in total. The van der Waals surface area contributed by atoms with E-state index < -0.39 is 5.97 Å². The van der Waals surface area contributed by atoms with Crippen molar-refractivity contribution in [2.75, 3.05) is 39.8 Å². The molecule has 1 saturated heterocycles. The minimum Gasteiger partial charge on any atom is -0.480 e. The van der Waals surface area contributed by atoms with Gasteiger partial charge in [0.1, 0.15) is 0 Å². The van der Waals surface area contributed by atoms with Crippen LogP contribution in [0.3, 0.4) is 0 Å². The maximum absolute atomic E-state index is 12.6. The number of piperazine rings is 1. The third kappa shape index (κ3) is 4.85. The van der Waals surface area contributed by atoms with Crippen molar-refractivity contribution < 1.29 is 14.7 Å². The summed E-state index contributed by atoms with van der Waals surface area (Å²) in [6, 6.07) is 10.3. The number of benzene rings is 1. The molecule has 3 rings (SSSR count). The van der Waals surface area contributed by atoms with Crippen LogP contribution in [0, 0.1) is 0 Å². The number of rotatable bonds is 8. The predicted molar refractivity (Wildman–Crippen MR) is 103 cm³/mol. The van der Waals surface area contributed by atoms with E-state index in [1.807, 2.05) is 29.0 Å². The van der Waals surface area contributed by atoms with Gasteiger partial charge >= 0.3 is 5.97 Å². The standard InChI is InChI=1S/C19H27N5O3/c1-20-21-13-16-12-15-4-2-3-5-17(15)24(16)7-6-18(25)23-10-8-22(9-11-23)14-19(26)27/h2-5,12,20-21H,6-11,13-14H2,1H3,(H,26,27). The molecule has 146 valence electrons. The Morgan fingerprint density at radius 3 is 2.59 bits per heavy atom. The first kappa shape index (κ1) is 19.3. The zero-order valence-corrected chi connectivity index (χ0v) is 15.6. The van der Waals surface area contributed by atoms with Crippen LogP contribution in [-0.2, 0) is 22.7 Å². The van der Waals surface area contributed by atoms with Crippen LogP contribution in [0.5, 0.6) is 0 Å². The maximum atomic E-state index is 12.6. The Morgan fingerprint density at radius 1 is 1.15 bits per heavy atom. The second-order valence-electron chi connectivity index (χ2n) is 6.75. The van der Waals surface area contributed by atoms with E-state index in [0.29, 0.717) is 45.7 Å². The molecule has 1 fully saturated rings. The molecule has 0 saturated carbocycles. The van der Waals surface area contributed by atoms with E-state index >= 15 is 0 Å². The van der Waals surface area contributed by atoms with Gasteiger partial charge in [0.15, 0.2) is 0 Å². The van der Waals surface area contributed by atoms with Gasteiger partial charge in [-0.1, -0.05) is 18.2 Å². The number of para-hydroxylation sites is 1. The van der Waals surface area contributed by atoms with Gasteiger partial charge in [-0.15, -0.1) is 0 Å². The van der Waals surface area contributed by atoms with E-state index in [4.69, 9.17) is 5.11 Å². The number of hydrazine groups is 1. The molecule has 0 unspecified atom stereocenters. The summed E-state index contributed by atoms with van der Waals surface area (Å²) >= 11 is 0. The summed E-state index contributed by atoms with van der Waals surface area (Å²) in [5, 5.41) is 10.0. The number of carbonyl (C=O) groups is 2. The summed E-state index contributed by atoms with van der Waals surface area (Å²) in [6.07, 6.45) is 0.435. The Kier molecular flexibility index (Phi) is 6.44. The van der Waals surface area contributed by atoms with Crippen LogP contribution in [0.4, 0.5) is 0 Å². The van der Waals surface area contributed by atoms with E-state index in [1.165, 1.54) is 5.39 Å². The zero-order valence-electron chi connectivity index (χ0n) is 15.6. The van der Waals surface area contributed by atoms with Gasteiger partial charge in [-0.2, -0.15) is 0 Å². The van der Waals surface area contributed by atoms with Crippen molar-refractivity contribution >= 4 is 22.8 Å². The number of nitrogens with one attached hydrogen (secondary N) is 2. The largest absolute Gasteiger partial charge is 0.480 e. The predicted octanol–water partition coefficient (Wildman–Crippen LogP) is 0.484. The maximum Gasteiger partial charge on any atom is 0.317 e. The topological polar surface area (TPSA) is 89.8 Å². The number of aromatic nitrogens is 1. The number of aryl methyl sites for hydroxylation is 1. The number of carboxylic acid groups (broad SMARTS) is 1. The van der Waals surface area contributed by atoms with Crippen molar-refractivity contribution in [3.8, 4) is 0 Å². The summed E-state index contributed by atoms with van der Waals surface area (Å²) < 4.78 is 2.19. The molecule has 27 heavy (non-hydrogen) atoms. The highest BCUT2D eigenvalue weighted by molar-refractivity contribution is 5.82. The summed E-state index contributed by atoms with van der Waals surface area (Å²) in [6.45, 7) is 3.75. The molecule has 2 aromatic rings. The van der Waals surface area contributed by atoms with Gasteiger partial charge < -0.3 is 14.6 Å². The smallest absolute Gasteiger partial charge is 0.317 e. The van der Waals surface area contributed by atoms with E-state index in [9.17, 15) is 9.59 Å². The second-order valence-corrected chi connectivity index (χ2v) is 6.75. The van der Waals surface area contributed by atoms with Crippen molar-refractivity contribution in [1.82, 2.24) is 25.2 Å². The van der Waals surface area contributed by atoms with Crippen molar-refractivity contribution in [3.05, 3.63) is 36.0 Å².